The third-order valence-electron chi connectivity index (χ3n) is 1.49. The predicted molar refractivity (Wildman–Crippen MR) is 46.1 cm³/mol. The number of Topliss-reactive ketones (excluding diaryl/α,β-unsaturated/α-hetero) is 1. The highest BCUT2D eigenvalue weighted by molar-refractivity contribution is 6.63. The highest BCUT2D eigenvalue weighted by atomic mass is 16.4. The minimum absolute atomic E-state index is 0.218. The average molecular weight is 177 g/mol. The summed E-state index contributed by atoms with van der Waals surface area (Å²) in [7, 11) is 0. The van der Waals surface area contributed by atoms with Gasteiger partial charge in [-0.2, -0.15) is 0 Å². The first kappa shape index (κ1) is 9.12. The summed E-state index contributed by atoms with van der Waals surface area (Å²) in [6, 6.07) is 8.14. The van der Waals surface area contributed by atoms with Gasteiger partial charge in [0.25, 0.3) is 0 Å². The molecular formula is C9H7NO3. The molecule has 0 bridgehead atoms. The van der Waals surface area contributed by atoms with E-state index in [0.29, 0.717) is 5.56 Å². The van der Waals surface area contributed by atoms with Crippen LogP contribution in [0, 0.1) is 0 Å². The summed E-state index contributed by atoms with van der Waals surface area (Å²) in [6.07, 6.45) is 0.218. The standard InChI is InChI=1S/C9H7NO3/c11-6-8(10-13)9(12)7-4-2-1-3-5-7/h1-6,13H. The number of hydrogen-bond donors (Lipinski definition) is 1. The molecule has 0 aliphatic carbocycles. The number of rotatable bonds is 3. The van der Waals surface area contributed by atoms with Crippen molar-refractivity contribution in [1.82, 2.24) is 0 Å². The van der Waals surface area contributed by atoms with E-state index in [1.165, 1.54) is 12.1 Å². The number of carbonyl (C=O) groups excluding carboxylic acids is 2. The van der Waals surface area contributed by atoms with Crippen molar-refractivity contribution in [3.63, 3.8) is 0 Å². The fourth-order valence-electron chi connectivity index (χ4n) is 0.860. The van der Waals surface area contributed by atoms with Crippen LogP contribution in [0.1, 0.15) is 10.4 Å². The Bertz CT molecular complexity index is 343. The smallest absolute Gasteiger partial charge is 0.218 e. The Morgan fingerprint density at radius 3 is 2.38 bits per heavy atom. The first-order valence-corrected chi connectivity index (χ1v) is 3.56. The van der Waals surface area contributed by atoms with E-state index in [9.17, 15) is 9.59 Å². The monoisotopic (exact) mass is 177 g/mol. The molecule has 0 radical (unpaired) electrons. The van der Waals surface area contributed by atoms with Crippen molar-refractivity contribution >= 4 is 17.8 Å². The second-order valence-electron chi connectivity index (χ2n) is 2.30. The van der Waals surface area contributed by atoms with Gasteiger partial charge in [-0.05, 0) is 0 Å². The van der Waals surface area contributed by atoms with Crippen LogP contribution in [0.5, 0.6) is 0 Å². The molecule has 0 aliphatic rings. The molecule has 66 valence electrons. The summed E-state index contributed by atoms with van der Waals surface area (Å²) in [5.74, 6) is -0.585. The molecule has 1 rings (SSSR count). The first-order valence-electron chi connectivity index (χ1n) is 3.56. The Balaban J connectivity index is 2.98. The van der Waals surface area contributed by atoms with Gasteiger partial charge in [0.05, 0.1) is 0 Å². The van der Waals surface area contributed by atoms with Gasteiger partial charge in [-0.15, -0.1) is 0 Å². The average Bonchev–Trinajstić information content (AvgIpc) is 2.21. The quantitative estimate of drug-likeness (QED) is 0.186. The molecule has 0 heterocycles. The largest absolute Gasteiger partial charge is 0.410 e. The van der Waals surface area contributed by atoms with E-state index >= 15 is 0 Å². The van der Waals surface area contributed by atoms with Gasteiger partial charge < -0.3 is 5.21 Å². The van der Waals surface area contributed by atoms with Crippen LogP contribution in [-0.4, -0.2) is 23.0 Å². The van der Waals surface area contributed by atoms with E-state index < -0.39 is 11.5 Å². The van der Waals surface area contributed by atoms with Gasteiger partial charge in [-0.1, -0.05) is 35.5 Å². The number of benzene rings is 1. The molecule has 4 heteroatoms. The van der Waals surface area contributed by atoms with Gasteiger partial charge >= 0.3 is 0 Å². The van der Waals surface area contributed by atoms with Gasteiger partial charge in [0.2, 0.25) is 5.78 Å². The molecule has 0 atom stereocenters. The Kier molecular flexibility index (Phi) is 2.92. The molecule has 0 fully saturated rings. The Hall–Kier alpha value is -1.97. The van der Waals surface area contributed by atoms with Gasteiger partial charge in [-0.3, -0.25) is 9.59 Å². The van der Waals surface area contributed by atoms with E-state index in [1.807, 2.05) is 0 Å². The van der Waals surface area contributed by atoms with E-state index in [2.05, 4.69) is 5.16 Å². The van der Waals surface area contributed by atoms with Gasteiger partial charge in [0, 0.05) is 5.56 Å². The van der Waals surface area contributed by atoms with Crippen LogP contribution in [0.4, 0.5) is 0 Å². The van der Waals surface area contributed by atoms with Crippen LogP contribution >= 0.6 is 0 Å². The van der Waals surface area contributed by atoms with E-state index in [-0.39, 0.29) is 6.29 Å². The zero-order chi connectivity index (χ0) is 9.68. The van der Waals surface area contributed by atoms with Gasteiger partial charge in [-0.25, -0.2) is 0 Å². The maximum Gasteiger partial charge on any atom is 0.218 e. The molecule has 0 amide bonds. The lowest BCUT2D eigenvalue weighted by Crippen LogP contribution is -2.15. The molecular weight excluding hydrogens is 170 g/mol. The molecule has 4 nitrogen and oxygen atoms in total. The summed E-state index contributed by atoms with van der Waals surface area (Å²) in [4.78, 5) is 21.5. The lowest BCUT2D eigenvalue weighted by atomic mass is 10.1. The summed E-state index contributed by atoms with van der Waals surface area (Å²) in [5, 5.41) is 10.9. The summed E-state index contributed by atoms with van der Waals surface area (Å²) in [5.41, 5.74) is -0.173. The second-order valence-corrected chi connectivity index (χ2v) is 2.30. The minimum atomic E-state index is -0.585. The first-order chi connectivity index (χ1) is 6.29. The lowest BCUT2D eigenvalue weighted by molar-refractivity contribution is -0.102. The van der Waals surface area contributed by atoms with Crippen molar-refractivity contribution in [2.75, 3.05) is 0 Å². The zero-order valence-electron chi connectivity index (χ0n) is 6.68. The number of ketones is 1. The fraction of sp³-hybridized carbons (Fsp3) is 0. The molecule has 0 saturated carbocycles. The second kappa shape index (κ2) is 4.15. The third-order valence-corrected chi connectivity index (χ3v) is 1.49. The summed E-state index contributed by atoms with van der Waals surface area (Å²) >= 11 is 0. The molecule has 0 aromatic heterocycles. The molecule has 0 saturated heterocycles. The van der Waals surface area contributed by atoms with Crippen molar-refractivity contribution in [2.24, 2.45) is 5.16 Å². The fourth-order valence-corrected chi connectivity index (χ4v) is 0.860. The highest BCUT2D eigenvalue weighted by Gasteiger charge is 2.12. The Morgan fingerprint density at radius 2 is 1.92 bits per heavy atom. The van der Waals surface area contributed by atoms with Crippen LogP contribution in [0.25, 0.3) is 0 Å². The number of hydrogen-bond acceptors (Lipinski definition) is 4. The molecule has 0 spiro atoms. The van der Waals surface area contributed by atoms with Crippen molar-refractivity contribution in [3.8, 4) is 0 Å². The van der Waals surface area contributed by atoms with Gasteiger partial charge in [0.1, 0.15) is 0 Å². The number of nitrogens with zero attached hydrogens (tertiary/aromatic N) is 1. The topological polar surface area (TPSA) is 66.7 Å². The zero-order valence-corrected chi connectivity index (χ0v) is 6.68. The normalized spacial score (nSPS) is 10.9. The Morgan fingerprint density at radius 1 is 1.31 bits per heavy atom. The van der Waals surface area contributed by atoms with Gasteiger partial charge in [0.15, 0.2) is 12.0 Å². The molecule has 13 heavy (non-hydrogen) atoms. The molecule has 0 aliphatic heterocycles. The van der Waals surface area contributed by atoms with Crippen LogP contribution in [0.3, 0.4) is 0 Å². The SMILES string of the molecule is O=CC(=NO)C(=O)c1ccccc1. The number of carbonyl (C=O) groups is 2. The predicted octanol–water partition coefficient (Wildman–Crippen LogP) is 0.898. The third kappa shape index (κ3) is 1.99. The van der Waals surface area contributed by atoms with Crippen molar-refractivity contribution in [3.05, 3.63) is 35.9 Å². The highest BCUT2D eigenvalue weighted by Crippen LogP contribution is 2.00. The van der Waals surface area contributed by atoms with Crippen LogP contribution in [-0.2, 0) is 4.79 Å². The van der Waals surface area contributed by atoms with E-state index in [4.69, 9.17) is 5.21 Å². The van der Waals surface area contributed by atoms with E-state index in [0.717, 1.165) is 0 Å². The lowest BCUT2D eigenvalue weighted by Gasteiger charge is -1.95. The Labute approximate surface area is 74.5 Å². The maximum atomic E-state index is 11.3. The van der Waals surface area contributed by atoms with Crippen molar-refractivity contribution in [2.45, 2.75) is 0 Å². The molecule has 1 aromatic carbocycles. The summed E-state index contributed by atoms with van der Waals surface area (Å²) < 4.78 is 0. The number of aldehydes is 1. The molecule has 0 unspecified atom stereocenters. The van der Waals surface area contributed by atoms with Crippen LogP contribution < -0.4 is 0 Å². The molecule has 1 aromatic rings. The minimum Gasteiger partial charge on any atom is -0.410 e. The number of oxime groups is 1. The van der Waals surface area contributed by atoms with E-state index in [1.54, 1.807) is 18.2 Å². The van der Waals surface area contributed by atoms with Crippen molar-refractivity contribution in [1.29, 1.82) is 0 Å². The van der Waals surface area contributed by atoms with Crippen molar-refractivity contribution < 1.29 is 14.8 Å². The van der Waals surface area contributed by atoms with Crippen LogP contribution in [0.2, 0.25) is 0 Å². The maximum absolute atomic E-state index is 11.3. The molecule has 1 N–H and O–H groups in total. The van der Waals surface area contributed by atoms with Crippen LogP contribution in [0.15, 0.2) is 35.5 Å². The summed E-state index contributed by atoms with van der Waals surface area (Å²) in [6.45, 7) is 0.